The molecule has 0 saturated carbocycles. The Hall–Kier alpha value is -4.33. The topological polar surface area (TPSA) is 94.2 Å². The SMILES string of the molecule is COc1ccccc1NC(=O)C1=C(C)Nc2nc(-c3ccco3)nn2[C@H]1c1cccc(C)c1. The number of nitrogens with one attached hydrogen (secondary N) is 2. The molecular weight excluding hydrogens is 418 g/mol. The van der Waals surface area contributed by atoms with E-state index in [-0.39, 0.29) is 5.91 Å². The summed E-state index contributed by atoms with van der Waals surface area (Å²) in [4.78, 5) is 18.2. The number of hydrogen-bond donors (Lipinski definition) is 2. The zero-order chi connectivity index (χ0) is 22.9. The summed E-state index contributed by atoms with van der Waals surface area (Å²) in [5, 5.41) is 10.9. The molecule has 2 N–H and O–H groups in total. The van der Waals surface area contributed by atoms with Crippen molar-refractivity contribution >= 4 is 17.5 Å². The van der Waals surface area contributed by atoms with E-state index in [1.165, 1.54) is 0 Å². The highest BCUT2D eigenvalue weighted by Gasteiger charge is 2.35. The Balaban J connectivity index is 1.61. The minimum Gasteiger partial charge on any atom is -0.495 e. The number of aromatic nitrogens is 3. The highest BCUT2D eigenvalue weighted by Crippen LogP contribution is 2.37. The molecule has 0 aliphatic carbocycles. The molecule has 0 bridgehead atoms. The van der Waals surface area contributed by atoms with E-state index in [1.807, 2.05) is 44.2 Å². The molecule has 3 heterocycles. The van der Waals surface area contributed by atoms with Gasteiger partial charge < -0.3 is 19.8 Å². The van der Waals surface area contributed by atoms with Crippen LogP contribution in [0.5, 0.6) is 5.75 Å². The minimum atomic E-state index is -0.480. The van der Waals surface area contributed by atoms with Crippen molar-refractivity contribution in [3.8, 4) is 17.3 Å². The largest absolute Gasteiger partial charge is 0.495 e. The van der Waals surface area contributed by atoms with Gasteiger partial charge in [0.15, 0.2) is 5.76 Å². The summed E-state index contributed by atoms with van der Waals surface area (Å²) in [6, 6.07) is 18.5. The van der Waals surface area contributed by atoms with Crippen LogP contribution in [0, 0.1) is 6.92 Å². The molecule has 8 heteroatoms. The van der Waals surface area contributed by atoms with Crippen molar-refractivity contribution in [2.45, 2.75) is 19.9 Å². The lowest BCUT2D eigenvalue weighted by Crippen LogP contribution is -2.31. The van der Waals surface area contributed by atoms with Gasteiger partial charge in [0.25, 0.3) is 5.91 Å². The molecule has 1 amide bonds. The van der Waals surface area contributed by atoms with Gasteiger partial charge in [-0.05, 0) is 43.7 Å². The summed E-state index contributed by atoms with van der Waals surface area (Å²) in [7, 11) is 1.57. The maximum atomic E-state index is 13.6. The van der Waals surface area contributed by atoms with E-state index in [0.717, 1.165) is 11.1 Å². The number of amides is 1. The number of carbonyl (C=O) groups excluding carboxylic acids is 1. The number of allylic oxidation sites excluding steroid dienone is 1. The predicted molar refractivity (Wildman–Crippen MR) is 125 cm³/mol. The van der Waals surface area contributed by atoms with Crippen molar-refractivity contribution in [2.75, 3.05) is 17.7 Å². The molecule has 2 aromatic heterocycles. The van der Waals surface area contributed by atoms with Gasteiger partial charge in [0.1, 0.15) is 11.8 Å². The smallest absolute Gasteiger partial charge is 0.255 e. The average molecular weight is 441 g/mol. The van der Waals surface area contributed by atoms with Crippen molar-refractivity contribution in [3.05, 3.63) is 89.3 Å². The second-order valence-electron chi connectivity index (χ2n) is 7.82. The number of anilines is 2. The third-order valence-electron chi connectivity index (χ3n) is 5.55. The fourth-order valence-electron chi connectivity index (χ4n) is 4.04. The van der Waals surface area contributed by atoms with Crippen LogP contribution in [0.2, 0.25) is 0 Å². The third-order valence-corrected chi connectivity index (χ3v) is 5.55. The molecule has 5 rings (SSSR count). The zero-order valence-corrected chi connectivity index (χ0v) is 18.5. The van der Waals surface area contributed by atoms with Crippen LogP contribution in [0.3, 0.4) is 0 Å². The van der Waals surface area contributed by atoms with Gasteiger partial charge in [-0.1, -0.05) is 42.0 Å². The molecule has 1 atom stereocenters. The van der Waals surface area contributed by atoms with E-state index in [2.05, 4.69) is 21.7 Å². The first-order valence-corrected chi connectivity index (χ1v) is 10.5. The molecule has 1 aliphatic heterocycles. The molecule has 8 nitrogen and oxygen atoms in total. The Morgan fingerprint density at radius 1 is 1.12 bits per heavy atom. The van der Waals surface area contributed by atoms with Crippen LogP contribution in [0.15, 0.2) is 82.6 Å². The zero-order valence-electron chi connectivity index (χ0n) is 18.5. The van der Waals surface area contributed by atoms with Crippen LogP contribution in [0.25, 0.3) is 11.6 Å². The number of aryl methyl sites for hydroxylation is 1. The average Bonchev–Trinajstić information content (AvgIpc) is 3.48. The lowest BCUT2D eigenvalue weighted by molar-refractivity contribution is -0.113. The molecule has 0 spiro atoms. The van der Waals surface area contributed by atoms with Crippen LogP contribution in [-0.2, 0) is 4.79 Å². The first-order chi connectivity index (χ1) is 16.0. The van der Waals surface area contributed by atoms with Gasteiger partial charge in [-0.2, -0.15) is 4.98 Å². The summed E-state index contributed by atoms with van der Waals surface area (Å²) in [6.45, 7) is 3.89. The van der Waals surface area contributed by atoms with Crippen molar-refractivity contribution in [1.82, 2.24) is 14.8 Å². The van der Waals surface area contributed by atoms with Crippen LogP contribution in [0.1, 0.15) is 24.1 Å². The van der Waals surface area contributed by atoms with E-state index < -0.39 is 6.04 Å². The van der Waals surface area contributed by atoms with Gasteiger partial charge >= 0.3 is 0 Å². The first kappa shape index (κ1) is 20.6. The molecule has 166 valence electrons. The summed E-state index contributed by atoms with van der Waals surface area (Å²) < 4.78 is 12.6. The predicted octanol–water partition coefficient (Wildman–Crippen LogP) is 4.78. The number of para-hydroxylation sites is 2. The van der Waals surface area contributed by atoms with Crippen molar-refractivity contribution in [1.29, 1.82) is 0 Å². The van der Waals surface area contributed by atoms with E-state index in [9.17, 15) is 4.79 Å². The number of fused-ring (bicyclic) bond motifs is 1. The minimum absolute atomic E-state index is 0.253. The Morgan fingerprint density at radius 3 is 2.73 bits per heavy atom. The molecule has 4 aromatic rings. The number of methoxy groups -OCH3 is 1. The van der Waals surface area contributed by atoms with Gasteiger partial charge in [-0.25, -0.2) is 4.68 Å². The van der Waals surface area contributed by atoms with Gasteiger partial charge in [-0.3, -0.25) is 4.79 Å². The summed E-state index contributed by atoms with van der Waals surface area (Å²) in [5.74, 6) is 1.87. The number of ether oxygens (including phenoxy) is 1. The highest BCUT2D eigenvalue weighted by molar-refractivity contribution is 6.06. The van der Waals surface area contributed by atoms with Crippen LogP contribution in [-0.4, -0.2) is 27.8 Å². The van der Waals surface area contributed by atoms with E-state index in [0.29, 0.717) is 40.2 Å². The maximum Gasteiger partial charge on any atom is 0.255 e. The van der Waals surface area contributed by atoms with Gasteiger partial charge in [0.05, 0.1) is 24.6 Å². The summed E-state index contributed by atoms with van der Waals surface area (Å²) in [5.41, 5.74) is 3.84. The monoisotopic (exact) mass is 441 g/mol. The Morgan fingerprint density at radius 2 is 1.97 bits per heavy atom. The molecule has 0 unspecified atom stereocenters. The Kier molecular flexibility index (Phi) is 5.18. The molecule has 2 aromatic carbocycles. The second-order valence-corrected chi connectivity index (χ2v) is 7.82. The summed E-state index contributed by atoms with van der Waals surface area (Å²) >= 11 is 0. The standard InChI is InChI=1S/C25H23N5O3/c1-15-8-6-9-17(14-15)22-21(24(31)27-18-10-4-5-11-19(18)32-3)16(2)26-25-28-23(29-30(22)25)20-12-7-13-33-20/h4-14,22H,1-3H3,(H,27,31)(H,26,28,29)/t22-/m0/s1. The molecule has 0 fully saturated rings. The van der Waals surface area contributed by atoms with Crippen molar-refractivity contribution < 1.29 is 13.9 Å². The third kappa shape index (κ3) is 3.76. The van der Waals surface area contributed by atoms with E-state index >= 15 is 0 Å². The number of benzene rings is 2. The van der Waals surface area contributed by atoms with Crippen molar-refractivity contribution in [2.24, 2.45) is 0 Å². The number of hydrogen-bond acceptors (Lipinski definition) is 6. The molecular formula is C25H23N5O3. The van der Waals surface area contributed by atoms with Gasteiger partial charge in [-0.15, -0.1) is 5.10 Å². The van der Waals surface area contributed by atoms with Crippen LogP contribution >= 0.6 is 0 Å². The number of rotatable bonds is 5. The van der Waals surface area contributed by atoms with Gasteiger partial charge in [0.2, 0.25) is 11.8 Å². The second kappa shape index (κ2) is 8.31. The normalized spacial score (nSPS) is 15.1. The fraction of sp³-hybridized carbons (Fsp3) is 0.160. The first-order valence-electron chi connectivity index (χ1n) is 10.5. The number of furan rings is 1. The molecule has 0 saturated heterocycles. The van der Waals surface area contributed by atoms with Crippen LogP contribution < -0.4 is 15.4 Å². The molecule has 33 heavy (non-hydrogen) atoms. The van der Waals surface area contributed by atoms with E-state index in [4.69, 9.17) is 14.3 Å². The van der Waals surface area contributed by atoms with Crippen molar-refractivity contribution in [3.63, 3.8) is 0 Å². The Bertz CT molecular complexity index is 1350. The number of carbonyl (C=O) groups is 1. The molecule has 0 radical (unpaired) electrons. The van der Waals surface area contributed by atoms with Crippen LogP contribution in [0.4, 0.5) is 11.6 Å². The fourth-order valence-corrected chi connectivity index (χ4v) is 4.04. The lowest BCUT2D eigenvalue weighted by Gasteiger charge is -2.29. The molecule has 1 aliphatic rings. The summed E-state index contributed by atoms with van der Waals surface area (Å²) in [6.07, 6.45) is 1.58. The van der Waals surface area contributed by atoms with E-state index in [1.54, 1.807) is 42.3 Å². The maximum absolute atomic E-state index is 13.6. The lowest BCUT2D eigenvalue weighted by atomic mass is 9.94. The quantitative estimate of drug-likeness (QED) is 0.463. The van der Waals surface area contributed by atoms with Gasteiger partial charge in [0, 0.05) is 5.70 Å². The number of nitrogens with zero attached hydrogens (tertiary/aromatic N) is 3. The highest BCUT2D eigenvalue weighted by atomic mass is 16.5. The Labute approximate surface area is 190 Å².